The van der Waals surface area contributed by atoms with Gasteiger partial charge < -0.3 is 14.8 Å². The van der Waals surface area contributed by atoms with Crippen LogP contribution in [0.2, 0.25) is 0 Å². The summed E-state index contributed by atoms with van der Waals surface area (Å²) >= 11 is 0. The molecule has 0 saturated carbocycles. The molecule has 3 heteroatoms. The smallest absolute Gasteiger partial charge is 0.125 e. The predicted molar refractivity (Wildman–Crippen MR) is 85.9 cm³/mol. The normalized spacial score (nSPS) is 10.4. The fourth-order valence-electron chi connectivity index (χ4n) is 2.23. The first-order chi connectivity index (χ1) is 10.2. The van der Waals surface area contributed by atoms with E-state index >= 15 is 0 Å². The number of methoxy groups -OCH3 is 1. The number of ether oxygens (including phenoxy) is 2. The lowest BCUT2D eigenvalue weighted by atomic mass is 10.1. The topological polar surface area (TPSA) is 30.5 Å². The number of hydrogen-bond donors (Lipinski definition) is 1. The van der Waals surface area contributed by atoms with Crippen molar-refractivity contribution in [2.24, 2.45) is 0 Å². The van der Waals surface area contributed by atoms with E-state index in [-0.39, 0.29) is 0 Å². The molecule has 2 aromatic carbocycles. The standard InChI is InChI=1S/C18H23NO2/c1-4-19-12-15-7-5-6-8-18(15)21-13-16-11-14(2)9-10-17(16)20-3/h5-11,19H,4,12-13H2,1-3H3. The fraction of sp³-hybridized carbons (Fsp3) is 0.333. The first-order valence-corrected chi connectivity index (χ1v) is 7.29. The molecule has 3 nitrogen and oxygen atoms in total. The molecule has 2 rings (SSSR count). The minimum absolute atomic E-state index is 0.508. The molecule has 0 heterocycles. The number of para-hydroxylation sites is 1. The van der Waals surface area contributed by atoms with Gasteiger partial charge in [-0.15, -0.1) is 0 Å². The maximum atomic E-state index is 6.00. The Labute approximate surface area is 126 Å². The van der Waals surface area contributed by atoms with Gasteiger partial charge in [0, 0.05) is 17.7 Å². The molecule has 0 amide bonds. The molecule has 0 fully saturated rings. The van der Waals surface area contributed by atoms with Gasteiger partial charge in [0.05, 0.1) is 7.11 Å². The van der Waals surface area contributed by atoms with Gasteiger partial charge in [0.1, 0.15) is 18.1 Å². The van der Waals surface area contributed by atoms with Crippen molar-refractivity contribution in [1.29, 1.82) is 0 Å². The average molecular weight is 285 g/mol. The van der Waals surface area contributed by atoms with E-state index in [9.17, 15) is 0 Å². The second-order valence-electron chi connectivity index (χ2n) is 4.99. The zero-order chi connectivity index (χ0) is 15.1. The molecule has 1 N–H and O–H groups in total. The van der Waals surface area contributed by atoms with E-state index < -0.39 is 0 Å². The van der Waals surface area contributed by atoms with E-state index in [1.165, 1.54) is 11.1 Å². The molecule has 0 bridgehead atoms. The molecule has 0 aliphatic heterocycles. The Balaban J connectivity index is 2.11. The van der Waals surface area contributed by atoms with Crippen molar-refractivity contribution in [2.45, 2.75) is 27.0 Å². The quantitative estimate of drug-likeness (QED) is 0.841. The van der Waals surface area contributed by atoms with Crippen LogP contribution >= 0.6 is 0 Å². The third kappa shape index (κ3) is 4.23. The van der Waals surface area contributed by atoms with Gasteiger partial charge >= 0.3 is 0 Å². The lowest BCUT2D eigenvalue weighted by molar-refractivity contribution is 0.293. The SMILES string of the molecule is CCNCc1ccccc1OCc1cc(C)ccc1OC. The minimum Gasteiger partial charge on any atom is -0.496 e. The summed E-state index contributed by atoms with van der Waals surface area (Å²) < 4.78 is 11.4. The molecule has 0 aliphatic rings. The molecule has 0 aliphatic carbocycles. The van der Waals surface area contributed by atoms with E-state index in [0.717, 1.165) is 30.2 Å². The van der Waals surface area contributed by atoms with Crippen molar-refractivity contribution >= 4 is 0 Å². The van der Waals surface area contributed by atoms with E-state index in [1.54, 1.807) is 7.11 Å². The van der Waals surface area contributed by atoms with Gasteiger partial charge in [0.15, 0.2) is 0 Å². The van der Waals surface area contributed by atoms with E-state index in [0.29, 0.717) is 6.61 Å². The zero-order valence-corrected chi connectivity index (χ0v) is 13.0. The molecule has 0 aromatic heterocycles. The Bertz CT molecular complexity index is 581. The number of aryl methyl sites for hydroxylation is 1. The van der Waals surface area contributed by atoms with Gasteiger partial charge in [0.2, 0.25) is 0 Å². The summed E-state index contributed by atoms with van der Waals surface area (Å²) in [6.45, 7) is 6.44. The highest BCUT2D eigenvalue weighted by Crippen LogP contribution is 2.24. The van der Waals surface area contributed by atoms with Gasteiger partial charge in [-0.1, -0.05) is 36.8 Å². The Kier molecular flexibility index (Phi) is 5.64. The van der Waals surface area contributed by atoms with Gasteiger partial charge in [-0.3, -0.25) is 0 Å². The maximum absolute atomic E-state index is 6.00. The Morgan fingerprint density at radius 1 is 1.00 bits per heavy atom. The fourth-order valence-corrected chi connectivity index (χ4v) is 2.23. The summed E-state index contributed by atoms with van der Waals surface area (Å²) in [6.07, 6.45) is 0. The number of benzene rings is 2. The largest absolute Gasteiger partial charge is 0.496 e. The Morgan fingerprint density at radius 2 is 1.81 bits per heavy atom. The van der Waals surface area contributed by atoms with Crippen LogP contribution in [0.15, 0.2) is 42.5 Å². The minimum atomic E-state index is 0.508. The molecular formula is C18H23NO2. The molecule has 0 atom stereocenters. The Morgan fingerprint density at radius 3 is 2.57 bits per heavy atom. The van der Waals surface area contributed by atoms with Gasteiger partial charge in [0.25, 0.3) is 0 Å². The van der Waals surface area contributed by atoms with Crippen molar-refractivity contribution < 1.29 is 9.47 Å². The highest BCUT2D eigenvalue weighted by Gasteiger charge is 2.07. The summed E-state index contributed by atoms with van der Waals surface area (Å²) in [7, 11) is 1.69. The molecule has 0 radical (unpaired) electrons. The monoisotopic (exact) mass is 285 g/mol. The van der Waals surface area contributed by atoms with Crippen LogP contribution in [0.25, 0.3) is 0 Å². The molecule has 0 saturated heterocycles. The molecule has 2 aromatic rings. The van der Waals surface area contributed by atoms with Crippen LogP contribution in [-0.2, 0) is 13.2 Å². The van der Waals surface area contributed by atoms with E-state index in [4.69, 9.17) is 9.47 Å². The summed E-state index contributed by atoms with van der Waals surface area (Å²) in [5, 5.41) is 3.33. The summed E-state index contributed by atoms with van der Waals surface area (Å²) in [5.41, 5.74) is 3.44. The number of rotatable bonds is 7. The molecular weight excluding hydrogens is 262 g/mol. The summed E-state index contributed by atoms with van der Waals surface area (Å²) in [5.74, 6) is 1.78. The predicted octanol–water partition coefficient (Wildman–Crippen LogP) is 3.69. The summed E-state index contributed by atoms with van der Waals surface area (Å²) in [6, 6.07) is 14.3. The van der Waals surface area contributed by atoms with Crippen LogP contribution in [0.4, 0.5) is 0 Å². The average Bonchev–Trinajstić information content (AvgIpc) is 2.52. The Hall–Kier alpha value is -2.00. The second kappa shape index (κ2) is 7.70. The van der Waals surface area contributed by atoms with Gasteiger partial charge in [-0.2, -0.15) is 0 Å². The molecule has 112 valence electrons. The highest BCUT2D eigenvalue weighted by atomic mass is 16.5. The van der Waals surface area contributed by atoms with Crippen LogP contribution in [0.1, 0.15) is 23.6 Å². The summed E-state index contributed by atoms with van der Waals surface area (Å²) in [4.78, 5) is 0. The van der Waals surface area contributed by atoms with Crippen LogP contribution in [0.3, 0.4) is 0 Å². The number of hydrogen-bond acceptors (Lipinski definition) is 3. The van der Waals surface area contributed by atoms with Gasteiger partial charge in [-0.25, -0.2) is 0 Å². The van der Waals surface area contributed by atoms with Crippen LogP contribution in [0.5, 0.6) is 11.5 Å². The van der Waals surface area contributed by atoms with Crippen LogP contribution in [0, 0.1) is 6.92 Å². The van der Waals surface area contributed by atoms with E-state index in [1.807, 2.05) is 30.3 Å². The third-order valence-electron chi connectivity index (χ3n) is 3.36. The first-order valence-electron chi connectivity index (χ1n) is 7.29. The van der Waals surface area contributed by atoms with Crippen molar-refractivity contribution in [3.63, 3.8) is 0 Å². The van der Waals surface area contributed by atoms with Crippen molar-refractivity contribution in [3.05, 3.63) is 59.2 Å². The second-order valence-corrected chi connectivity index (χ2v) is 4.99. The zero-order valence-electron chi connectivity index (χ0n) is 13.0. The van der Waals surface area contributed by atoms with Gasteiger partial charge in [-0.05, 0) is 31.7 Å². The third-order valence-corrected chi connectivity index (χ3v) is 3.36. The number of nitrogens with one attached hydrogen (secondary N) is 1. The first kappa shape index (κ1) is 15.4. The highest BCUT2D eigenvalue weighted by molar-refractivity contribution is 5.38. The van der Waals surface area contributed by atoms with Crippen LogP contribution in [-0.4, -0.2) is 13.7 Å². The molecule has 21 heavy (non-hydrogen) atoms. The van der Waals surface area contributed by atoms with Crippen LogP contribution < -0.4 is 14.8 Å². The van der Waals surface area contributed by atoms with Crippen molar-refractivity contribution in [2.75, 3.05) is 13.7 Å². The molecule has 0 spiro atoms. The maximum Gasteiger partial charge on any atom is 0.125 e. The van der Waals surface area contributed by atoms with E-state index in [2.05, 4.69) is 31.3 Å². The lowest BCUT2D eigenvalue weighted by Gasteiger charge is -2.14. The van der Waals surface area contributed by atoms with Crippen molar-refractivity contribution in [1.82, 2.24) is 5.32 Å². The van der Waals surface area contributed by atoms with Crippen molar-refractivity contribution in [3.8, 4) is 11.5 Å². The molecule has 0 unspecified atom stereocenters. The lowest BCUT2D eigenvalue weighted by Crippen LogP contribution is -2.12.